The summed E-state index contributed by atoms with van der Waals surface area (Å²) in [5, 5.41) is 7.98. The minimum atomic E-state index is -0.305. The van der Waals surface area contributed by atoms with Crippen LogP contribution in [0.3, 0.4) is 0 Å². The summed E-state index contributed by atoms with van der Waals surface area (Å²) in [6.07, 6.45) is 0. The average Bonchev–Trinajstić information content (AvgIpc) is 2.60. The van der Waals surface area contributed by atoms with Gasteiger partial charge in [0.05, 0.1) is 11.9 Å². The van der Waals surface area contributed by atoms with E-state index in [-0.39, 0.29) is 17.2 Å². The number of benzene rings is 2. The van der Waals surface area contributed by atoms with Crippen LogP contribution in [0.5, 0.6) is 0 Å². The van der Waals surface area contributed by atoms with E-state index in [2.05, 4.69) is 10.4 Å². The summed E-state index contributed by atoms with van der Waals surface area (Å²) in [5.41, 5.74) is 3.29. The highest BCUT2D eigenvalue weighted by Crippen LogP contribution is 2.15. The molecule has 1 heterocycles. The van der Waals surface area contributed by atoms with E-state index >= 15 is 0 Å². The summed E-state index contributed by atoms with van der Waals surface area (Å²) in [7, 11) is 1.55. The molecule has 24 heavy (non-hydrogen) atoms. The first kappa shape index (κ1) is 15.9. The Labute approximate surface area is 139 Å². The monoisotopic (exact) mass is 321 g/mol. The number of carbonyl (C=O) groups excluding carboxylic acids is 1. The normalized spacial score (nSPS) is 10.8. The summed E-state index contributed by atoms with van der Waals surface area (Å²) >= 11 is 0. The first-order valence-corrected chi connectivity index (χ1v) is 7.79. The molecule has 5 nitrogen and oxygen atoms in total. The molecule has 1 amide bonds. The van der Waals surface area contributed by atoms with Crippen molar-refractivity contribution in [2.45, 2.75) is 20.4 Å². The Hall–Kier alpha value is -2.95. The van der Waals surface area contributed by atoms with Crippen molar-refractivity contribution in [2.75, 3.05) is 7.05 Å². The van der Waals surface area contributed by atoms with E-state index < -0.39 is 0 Å². The molecule has 3 rings (SSSR count). The summed E-state index contributed by atoms with van der Waals surface area (Å²) in [6, 6.07) is 13.2. The van der Waals surface area contributed by atoms with Gasteiger partial charge in [0.2, 0.25) is 0 Å². The number of fused-ring (bicyclic) bond motifs is 1. The first-order valence-electron chi connectivity index (χ1n) is 7.79. The second-order valence-electron chi connectivity index (χ2n) is 5.87. The highest BCUT2D eigenvalue weighted by molar-refractivity contribution is 6.04. The van der Waals surface area contributed by atoms with E-state index in [0.29, 0.717) is 17.3 Å². The molecule has 1 N–H and O–H groups in total. The van der Waals surface area contributed by atoms with E-state index in [4.69, 9.17) is 0 Å². The van der Waals surface area contributed by atoms with Crippen LogP contribution in [0.2, 0.25) is 0 Å². The number of nitrogens with zero attached hydrogens (tertiary/aromatic N) is 2. The highest BCUT2D eigenvalue weighted by Gasteiger charge is 2.16. The quantitative estimate of drug-likeness (QED) is 0.806. The molecule has 0 aliphatic rings. The number of aryl methyl sites for hydroxylation is 2. The van der Waals surface area contributed by atoms with E-state index in [1.54, 1.807) is 31.3 Å². The van der Waals surface area contributed by atoms with Crippen molar-refractivity contribution in [1.82, 2.24) is 15.1 Å². The van der Waals surface area contributed by atoms with Crippen LogP contribution in [-0.4, -0.2) is 22.7 Å². The molecule has 0 aliphatic heterocycles. The Morgan fingerprint density at radius 3 is 2.54 bits per heavy atom. The fourth-order valence-electron chi connectivity index (χ4n) is 2.76. The van der Waals surface area contributed by atoms with Crippen molar-refractivity contribution in [1.29, 1.82) is 0 Å². The molecule has 2 aromatic carbocycles. The number of amides is 1. The number of nitrogens with one attached hydrogen (secondary N) is 1. The molecule has 3 aromatic rings. The lowest BCUT2D eigenvalue weighted by Crippen LogP contribution is -2.29. The van der Waals surface area contributed by atoms with Gasteiger partial charge in [0, 0.05) is 12.4 Å². The Bertz CT molecular complexity index is 990. The van der Waals surface area contributed by atoms with Gasteiger partial charge in [0.25, 0.3) is 11.5 Å². The predicted octanol–water partition coefficient (Wildman–Crippen LogP) is 2.42. The molecule has 1 aromatic heterocycles. The molecule has 0 saturated carbocycles. The zero-order chi connectivity index (χ0) is 17.3. The Kier molecular flexibility index (Phi) is 4.16. The molecule has 0 radical (unpaired) electrons. The van der Waals surface area contributed by atoms with E-state index in [0.717, 1.165) is 16.7 Å². The third-order valence-electron chi connectivity index (χ3n) is 4.13. The van der Waals surface area contributed by atoms with E-state index in [9.17, 15) is 9.59 Å². The Morgan fingerprint density at radius 1 is 1.12 bits per heavy atom. The molecule has 0 unspecified atom stereocenters. The SMILES string of the molecule is CNC(=O)c1nn(Cc2cc(C)ccc2C)c(=O)c2ccccc12. The molecule has 0 fully saturated rings. The van der Waals surface area contributed by atoms with Gasteiger partial charge in [-0.1, -0.05) is 42.0 Å². The van der Waals surface area contributed by atoms with Gasteiger partial charge in [-0.2, -0.15) is 5.10 Å². The first-order chi connectivity index (χ1) is 11.5. The van der Waals surface area contributed by atoms with Crippen molar-refractivity contribution < 1.29 is 4.79 Å². The van der Waals surface area contributed by atoms with Crippen molar-refractivity contribution in [3.63, 3.8) is 0 Å². The predicted molar refractivity (Wildman–Crippen MR) is 94.4 cm³/mol. The number of rotatable bonds is 3. The zero-order valence-electron chi connectivity index (χ0n) is 14.0. The number of aromatic nitrogens is 2. The third kappa shape index (κ3) is 2.80. The molecule has 0 saturated heterocycles. The largest absolute Gasteiger partial charge is 0.354 e. The summed E-state index contributed by atoms with van der Waals surface area (Å²) < 4.78 is 1.37. The maximum absolute atomic E-state index is 12.8. The van der Waals surface area contributed by atoms with Crippen LogP contribution in [0.1, 0.15) is 27.2 Å². The van der Waals surface area contributed by atoms with Crippen LogP contribution in [-0.2, 0) is 6.54 Å². The molecule has 0 aliphatic carbocycles. The summed E-state index contributed by atoms with van der Waals surface area (Å²) in [5.74, 6) is -0.305. The Morgan fingerprint density at radius 2 is 1.83 bits per heavy atom. The fourth-order valence-corrected chi connectivity index (χ4v) is 2.76. The van der Waals surface area contributed by atoms with Gasteiger partial charge in [-0.3, -0.25) is 9.59 Å². The topological polar surface area (TPSA) is 64.0 Å². The Balaban J connectivity index is 2.21. The minimum Gasteiger partial charge on any atom is -0.354 e. The molecular formula is C19H19N3O2. The molecule has 0 spiro atoms. The standard InChI is InChI=1S/C19H19N3O2/c1-12-8-9-13(2)14(10-12)11-22-19(24)16-7-5-4-6-15(16)17(21-22)18(23)20-3/h4-10H,11H2,1-3H3,(H,20,23). The second-order valence-corrected chi connectivity index (χ2v) is 5.87. The molecular weight excluding hydrogens is 302 g/mol. The van der Waals surface area contributed by atoms with Crippen molar-refractivity contribution >= 4 is 16.7 Å². The van der Waals surface area contributed by atoms with Gasteiger partial charge in [-0.25, -0.2) is 4.68 Å². The maximum Gasteiger partial charge on any atom is 0.274 e. The smallest absolute Gasteiger partial charge is 0.274 e. The average molecular weight is 321 g/mol. The summed E-state index contributed by atoms with van der Waals surface area (Å²) in [6.45, 7) is 4.34. The molecule has 0 atom stereocenters. The van der Waals surface area contributed by atoms with Crippen molar-refractivity contribution in [3.8, 4) is 0 Å². The van der Waals surface area contributed by atoms with Gasteiger partial charge in [-0.05, 0) is 31.0 Å². The third-order valence-corrected chi connectivity index (χ3v) is 4.13. The van der Waals surface area contributed by atoms with Crippen LogP contribution in [0.25, 0.3) is 10.8 Å². The van der Waals surface area contributed by atoms with E-state index in [1.807, 2.05) is 32.0 Å². The molecule has 122 valence electrons. The fraction of sp³-hybridized carbons (Fsp3) is 0.211. The lowest BCUT2D eigenvalue weighted by molar-refractivity contribution is 0.0957. The zero-order valence-corrected chi connectivity index (χ0v) is 14.0. The molecule has 5 heteroatoms. The van der Waals surface area contributed by atoms with E-state index in [1.165, 1.54) is 4.68 Å². The van der Waals surface area contributed by atoms with Crippen LogP contribution < -0.4 is 10.9 Å². The lowest BCUT2D eigenvalue weighted by Gasteiger charge is -2.12. The van der Waals surface area contributed by atoms with Gasteiger partial charge in [-0.15, -0.1) is 0 Å². The molecule has 0 bridgehead atoms. The summed E-state index contributed by atoms with van der Waals surface area (Å²) in [4.78, 5) is 24.9. The highest BCUT2D eigenvalue weighted by atomic mass is 16.2. The van der Waals surface area contributed by atoms with Crippen molar-refractivity contribution in [2.24, 2.45) is 0 Å². The van der Waals surface area contributed by atoms with Crippen LogP contribution in [0, 0.1) is 13.8 Å². The van der Waals surface area contributed by atoms with Gasteiger partial charge < -0.3 is 5.32 Å². The lowest BCUT2D eigenvalue weighted by atomic mass is 10.1. The van der Waals surface area contributed by atoms with Gasteiger partial charge in [0.1, 0.15) is 0 Å². The minimum absolute atomic E-state index is 0.195. The van der Waals surface area contributed by atoms with Crippen LogP contribution >= 0.6 is 0 Å². The van der Waals surface area contributed by atoms with Crippen molar-refractivity contribution in [3.05, 3.63) is 75.2 Å². The maximum atomic E-state index is 12.8. The number of hydrogen-bond donors (Lipinski definition) is 1. The van der Waals surface area contributed by atoms with Crippen LogP contribution in [0.15, 0.2) is 47.3 Å². The number of hydrogen-bond acceptors (Lipinski definition) is 3. The van der Waals surface area contributed by atoms with Gasteiger partial charge >= 0.3 is 0 Å². The van der Waals surface area contributed by atoms with Gasteiger partial charge in [0.15, 0.2) is 5.69 Å². The number of carbonyl (C=O) groups is 1. The van der Waals surface area contributed by atoms with Crippen LogP contribution in [0.4, 0.5) is 0 Å². The second kappa shape index (κ2) is 6.28.